The van der Waals surface area contributed by atoms with Crippen molar-refractivity contribution in [2.75, 3.05) is 26.3 Å². The van der Waals surface area contributed by atoms with Gasteiger partial charge >= 0.3 is 5.69 Å². The summed E-state index contributed by atoms with van der Waals surface area (Å²) in [6.45, 7) is 6.04. The second kappa shape index (κ2) is 7.24. The van der Waals surface area contributed by atoms with Gasteiger partial charge in [0.05, 0.1) is 0 Å². The van der Waals surface area contributed by atoms with Crippen LogP contribution in [0.2, 0.25) is 0 Å². The normalized spacial score (nSPS) is 10.9. The van der Waals surface area contributed by atoms with E-state index in [0.29, 0.717) is 6.54 Å². The van der Waals surface area contributed by atoms with E-state index in [1.807, 2.05) is 13.1 Å². The molecule has 0 aromatic carbocycles. The first kappa shape index (κ1) is 13.0. The van der Waals surface area contributed by atoms with Gasteiger partial charge in [-0.25, -0.2) is 4.79 Å². The molecule has 0 amide bonds. The maximum atomic E-state index is 11.5. The van der Waals surface area contributed by atoms with Crippen LogP contribution in [-0.4, -0.2) is 35.4 Å². The van der Waals surface area contributed by atoms with Gasteiger partial charge in [-0.05, 0) is 19.9 Å². The molecule has 1 aromatic rings. The molecule has 0 radical (unpaired) electrons. The first-order valence-corrected chi connectivity index (χ1v) is 5.76. The summed E-state index contributed by atoms with van der Waals surface area (Å²) >= 11 is 0. The van der Waals surface area contributed by atoms with Crippen LogP contribution in [0.5, 0.6) is 0 Å². The van der Waals surface area contributed by atoms with Crippen LogP contribution in [0.3, 0.4) is 0 Å². The van der Waals surface area contributed by atoms with Gasteiger partial charge in [-0.2, -0.15) is 0 Å². The first-order chi connectivity index (χ1) is 7.75. The monoisotopic (exact) mass is 227 g/mol. The zero-order valence-corrected chi connectivity index (χ0v) is 10.1. The average molecular weight is 227 g/mol. The summed E-state index contributed by atoms with van der Waals surface area (Å²) in [5.41, 5.74) is 0.0381. The highest BCUT2D eigenvalue weighted by molar-refractivity contribution is 4.79. The molecular formula is C11H21N3O2. The van der Waals surface area contributed by atoms with E-state index in [9.17, 15) is 4.79 Å². The maximum Gasteiger partial charge on any atom is 0.327 e. The van der Waals surface area contributed by atoms with Crippen LogP contribution in [0.1, 0.15) is 13.3 Å². The lowest BCUT2D eigenvalue weighted by Gasteiger charge is -2.05. The fraction of sp³-hybridized carbons (Fsp3) is 0.727. The van der Waals surface area contributed by atoms with Gasteiger partial charge in [0, 0.05) is 45.7 Å². The summed E-state index contributed by atoms with van der Waals surface area (Å²) in [5.74, 6) is 0. The molecule has 0 saturated carbocycles. The zero-order valence-electron chi connectivity index (χ0n) is 10.1. The summed E-state index contributed by atoms with van der Waals surface area (Å²) in [7, 11) is 1.76. The van der Waals surface area contributed by atoms with Crippen molar-refractivity contribution >= 4 is 0 Å². The number of aromatic nitrogens is 2. The number of nitrogens with zero attached hydrogens (tertiary/aromatic N) is 2. The molecule has 0 saturated heterocycles. The molecular weight excluding hydrogens is 206 g/mol. The lowest BCUT2D eigenvalue weighted by Crippen LogP contribution is -2.28. The van der Waals surface area contributed by atoms with Gasteiger partial charge in [-0.1, -0.05) is 0 Å². The molecule has 1 rings (SSSR count). The fourth-order valence-electron chi connectivity index (χ4n) is 1.45. The summed E-state index contributed by atoms with van der Waals surface area (Å²) in [6.07, 6.45) is 4.60. The summed E-state index contributed by atoms with van der Waals surface area (Å²) in [5, 5.41) is 3.28. The molecule has 5 nitrogen and oxygen atoms in total. The van der Waals surface area contributed by atoms with Crippen LogP contribution in [0, 0.1) is 0 Å². The van der Waals surface area contributed by atoms with Crippen molar-refractivity contribution in [3.05, 3.63) is 22.9 Å². The van der Waals surface area contributed by atoms with Crippen LogP contribution in [0.15, 0.2) is 17.2 Å². The Hall–Kier alpha value is -1.07. The standard InChI is InChI=1S/C11H21N3O2/c1-3-16-10-4-5-12-6-7-14-9-8-13(2)11(14)15/h8-9,12H,3-7,10H2,1-2H3. The predicted octanol–water partition coefficient (Wildman–Crippen LogP) is 0.203. The second-order valence-electron chi connectivity index (χ2n) is 3.69. The summed E-state index contributed by atoms with van der Waals surface area (Å²) < 4.78 is 8.50. The van der Waals surface area contributed by atoms with Gasteiger partial charge in [0.2, 0.25) is 0 Å². The highest BCUT2D eigenvalue weighted by Crippen LogP contribution is 1.83. The van der Waals surface area contributed by atoms with Crippen LogP contribution in [0.4, 0.5) is 0 Å². The second-order valence-corrected chi connectivity index (χ2v) is 3.69. The molecule has 0 fully saturated rings. The van der Waals surface area contributed by atoms with Crippen molar-refractivity contribution in [1.82, 2.24) is 14.5 Å². The summed E-state index contributed by atoms with van der Waals surface area (Å²) in [4.78, 5) is 11.5. The Balaban J connectivity index is 2.07. The smallest absolute Gasteiger partial charge is 0.327 e. The zero-order chi connectivity index (χ0) is 11.8. The molecule has 0 atom stereocenters. The molecule has 0 bridgehead atoms. The van der Waals surface area contributed by atoms with Crippen molar-refractivity contribution in [3.63, 3.8) is 0 Å². The van der Waals surface area contributed by atoms with Crippen molar-refractivity contribution in [2.24, 2.45) is 7.05 Å². The van der Waals surface area contributed by atoms with Crippen molar-refractivity contribution in [1.29, 1.82) is 0 Å². The van der Waals surface area contributed by atoms with Crippen LogP contribution in [0.25, 0.3) is 0 Å². The van der Waals surface area contributed by atoms with E-state index in [2.05, 4.69) is 5.32 Å². The van der Waals surface area contributed by atoms with E-state index in [0.717, 1.165) is 32.7 Å². The Bertz CT molecular complexity index is 343. The minimum absolute atomic E-state index is 0.0381. The average Bonchev–Trinajstić information content (AvgIpc) is 2.59. The Morgan fingerprint density at radius 3 is 2.81 bits per heavy atom. The Morgan fingerprint density at radius 1 is 1.38 bits per heavy atom. The number of imidazole rings is 1. The van der Waals surface area contributed by atoms with Gasteiger partial charge in [0.15, 0.2) is 0 Å². The van der Waals surface area contributed by atoms with E-state index < -0.39 is 0 Å². The number of hydrogen-bond donors (Lipinski definition) is 1. The predicted molar refractivity (Wildman–Crippen MR) is 63.7 cm³/mol. The highest BCUT2D eigenvalue weighted by Gasteiger charge is 1.98. The van der Waals surface area contributed by atoms with Crippen LogP contribution < -0.4 is 11.0 Å². The van der Waals surface area contributed by atoms with Gasteiger partial charge in [-0.15, -0.1) is 0 Å². The van der Waals surface area contributed by atoms with E-state index >= 15 is 0 Å². The number of nitrogens with one attached hydrogen (secondary N) is 1. The molecule has 0 aliphatic heterocycles. The Morgan fingerprint density at radius 2 is 2.19 bits per heavy atom. The van der Waals surface area contributed by atoms with E-state index in [1.165, 1.54) is 0 Å². The van der Waals surface area contributed by atoms with Crippen molar-refractivity contribution in [2.45, 2.75) is 19.9 Å². The topological polar surface area (TPSA) is 48.2 Å². The third kappa shape index (κ3) is 4.20. The van der Waals surface area contributed by atoms with Gasteiger partial charge in [0.1, 0.15) is 0 Å². The molecule has 92 valence electrons. The van der Waals surface area contributed by atoms with Gasteiger partial charge in [0.25, 0.3) is 0 Å². The van der Waals surface area contributed by atoms with Crippen molar-refractivity contribution < 1.29 is 4.74 Å². The minimum Gasteiger partial charge on any atom is -0.382 e. The minimum atomic E-state index is 0.0381. The number of aryl methyl sites for hydroxylation is 1. The number of hydrogen-bond acceptors (Lipinski definition) is 3. The van der Waals surface area contributed by atoms with Crippen LogP contribution >= 0.6 is 0 Å². The molecule has 0 aliphatic rings. The fourth-order valence-corrected chi connectivity index (χ4v) is 1.45. The molecule has 16 heavy (non-hydrogen) atoms. The first-order valence-electron chi connectivity index (χ1n) is 5.76. The number of rotatable bonds is 8. The maximum absolute atomic E-state index is 11.5. The van der Waals surface area contributed by atoms with E-state index in [-0.39, 0.29) is 5.69 Å². The van der Waals surface area contributed by atoms with Gasteiger partial charge < -0.3 is 14.6 Å². The lowest BCUT2D eigenvalue weighted by atomic mass is 10.4. The SMILES string of the molecule is CCOCCCNCCn1ccn(C)c1=O. The highest BCUT2D eigenvalue weighted by atomic mass is 16.5. The molecule has 1 N–H and O–H groups in total. The van der Waals surface area contributed by atoms with E-state index in [4.69, 9.17) is 4.74 Å². The van der Waals surface area contributed by atoms with Crippen molar-refractivity contribution in [3.8, 4) is 0 Å². The Kier molecular flexibility index (Phi) is 5.88. The quantitative estimate of drug-likeness (QED) is 0.646. The van der Waals surface area contributed by atoms with Crippen LogP contribution in [-0.2, 0) is 18.3 Å². The Labute approximate surface area is 96.0 Å². The molecule has 1 heterocycles. The molecule has 0 aliphatic carbocycles. The molecule has 1 aromatic heterocycles. The molecule has 0 spiro atoms. The number of ether oxygens (including phenoxy) is 1. The summed E-state index contributed by atoms with van der Waals surface area (Å²) in [6, 6.07) is 0. The third-order valence-electron chi connectivity index (χ3n) is 2.39. The van der Waals surface area contributed by atoms with E-state index in [1.54, 1.807) is 22.4 Å². The molecule has 0 unspecified atom stereocenters. The third-order valence-corrected chi connectivity index (χ3v) is 2.39. The molecule has 5 heteroatoms. The van der Waals surface area contributed by atoms with Gasteiger partial charge in [-0.3, -0.25) is 4.57 Å². The lowest BCUT2D eigenvalue weighted by molar-refractivity contribution is 0.145. The largest absolute Gasteiger partial charge is 0.382 e.